The van der Waals surface area contributed by atoms with E-state index in [0.717, 1.165) is 4.80 Å². The predicted molar refractivity (Wildman–Crippen MR) is 96.0 cm³/mol. The lowest BCUT2D eigenvalue weighted by molar-refractivity contribution is -0.117. The van der Waals surface area contributed by atoms with Crippen LogP contribution in [0.2, 0.25) is 5.02 Å². The molecular formula is C16H11ClFN9O. The van der Waals surface area contributed by atoms with Gasteiger partial charge in [0.15, 0.2) is 0 Å². The van der Waals surface area contributed by atoms with E-state index in [-0.39, 0.29) is 18.1 Å². The van der Waals surface area contributed by atoms with Gasteiger partial charge in [-0.25, -0.2) is 4.39 Å². The molecule has 0 aliphatic carbocycles. The number of para-hydroxylation sites is 1. The predicted octanol–water partition coefficient (Wildman–Crippen LogP) is 1.75. The average molecular weight is 400 g/mol. The van der Waals surface area contributed by atoms with E-state index in [4.69, 9.17) is 11.6 Å². The summed E-state index contributed by atoms with van der Waals surface area (Å²) in [7, 11) is 0. The highest BCUT2D eigenvalue weighted by atomic mass is 35.5. The molecule has 0 radical (unpaired) electrons. The van der Waals surface area contributed by atoms with Crippen molar-refractivity contribution in [1.82, 2.24) is 40.4 Å². The topological polar surface area (TPSA) is 116 Å². The first-order valence-corrected chi connectivity index (χ1v) is 8.33. The maximum Gasteiger partial charge on any atom is 0.248 e. The molecule has 1 N–H and O–H groups in total. The molecule has 0 saturated carbocycles. The fourth-order valence-electron chi connectivity index (χ4n) is 2.46. The van der Waals surface area contributed by atoms with Crippen molar-refractivity contribution in [3.63, 3.8) is 0 Å². The largest absolute Gasteiger partial charge is 0.322 e. The van der Waals surface area contributed by atoms with Crippen molar-refractivity contribution in [1.29, 1.82) is 0 Å². The molecule has 1 amide bonds. The third-order valence-corrected chi connectivity index (χ3v) is 3.92. The van der Waals surface area contributed by atoms with Crippen LogP contribution in [0.3, 0.4) is 0 Å². The third-order valence-electron chi connectivity index (χ3n) is 3.68. The summed E-state index contributed by atoms with van der Waals surface area (Å²) in [5.74, 6) is -0.805. The molecule has 10 nitrogen and oxygen atoms in total. The lowest BCUT2D eigenvalue weighted by atomic mass is 10.1. The quantitative estimate of drug-likeness (QED) is 0.543. The Bertz CT molecular complexity index is 1130. The number of aromatic nitrogens is 8. The lowest BCUT2D eigenvalue weighted by Gasteiger charge is -2.06. The summed E-state index contributed by atoms with van der Waals surface area (Å²) in [4.78, 5) is 13.2. The van der Waals surface area contributed by atoms with E-state index in [1.165, 1.54) is 29.2 Å². The molecule has 2 aromatic heterocycles. The Hall–Kier alpha value is -3.73. The summed E-state index contributed by atoms with van der Waals surface area (Å²) in [6.07, 6.45) is 1.42. The van der Waals surface area contributed by atoms with Gasteiger partial charge < -0.3 is 5.32 Å². The van der Waals surface area contributed by atoms with Gasteiger partial charge in [-0.15, -0.1) is 15.3 Å². The van der Waals surface area contributed by atoms with Gasteiger partial charge in [0.05, 0.1) is 16.9 Å². The average Bonchev–Trinajstić information content (AvgIpc) is 3.36. The highest BCUT2D eigenvalue weighted by Gasteiger charge is 2.16. The number of hydrogen-bond donors (Lipinski definition) is 1. The molecule has 0 spiro atoms. The molecule has 0 unspecified atom stereocenters. The number of tetrazole rings is 2. The Kier molecular flexibility index (Phi) is 4.72. The molecule has 0 atom stereocenters. The van der Waals surface area contributed by atoms with Crippen LogP contribution in [0, 0.1) is 5.82 Å². The Morgan fingerprint density at radius 3 is 2.82 bits per heavy atom. The molecule has 140 valence electrons. The standard InChI is InChI=1S/C16H11ClFN9O/c17-10-5-6-14(26-9-19-23-25-26)11(7-10)16-21-24-27(22-16)8-15(28)20-13-4-2-1-3-12(13)18/h1-7,9H,8H2,(H,20,28). The summed E-state index contributed by atoms with van der Waals surface area (Å²) >= 11 is 6.08. The fraction of sp³-hybridized carbons (Fsp3) is 0.0625. The number of rotatable bonds is 5. The van der Waals surface area contributed by atoms with Gasteiger partial charge in [0, 0.05) is 5.02 Å². The molecule has 2 heterocycles. The van der Waals surface area contributed by atoms with Crippen LogP contribution in [-0.2, 0) is 11.3 Å². The lowest BCUT2D eigenvalue weighted by Crippen LogP contribution is -2.21. The minimum absolute atomic E-state index is 0.0728. The zero-order valence-electron chi connectivity index (χ0n) is 14.1. The van der Waals surface area contributed by atoms with E-state index >= 15 is 0 Å². The zero-order valence-corrected chi connectivity index (χ0v) is 14.8. The van der Waals surface area contributed by atoms with Crippen LogP contribution >= 0.6 is 11.6 Å². The molecule has 2 aromatic carbocycles. The highest BCUT2D eigenvalue weighted by molar-refractivity contribution is 6.31. The summed E-state index contributed by atoms with van der Waals surface area (Å²) < 4.78 is 15.1. The number of hydrogen-bond acceptors (Lipinski definition) is 7. The van der Waals surface area contributed by atoms with Crippen molar-refractivity contribution >= 4 is 23.2 Å². The van der Waals surface area contributed by atoms with E-state index < -0.39 is 11.7 Å². The molecule has 0 fully saturated rings. The van der Waals surface area contributed by atoms with Crippen LogP contribution in [0.1, 0.15) is 0 Å². The van der Waals surface area contributed by atoms with E-state index in [1.807, 2.05) is 0 Å². The molecule has 0 saturated heterocycles. The van der Waals surface area contributed by atoms with Crippen LogP contribution in [0.15, 0.2) is 48.8 Å². The van der Waals surface area contributed by atoms with E-state index in [9.17, 15) is 9.18 Å². The van der Waals surface area contributed by atoms with Crippen LogP contribution in [0.4, 0.5) is 10.1 Å². The van der Waals surface area contributed by atoms with Gasteiger partial charge in [0.1, 0.15) is 18.7 Å². The summed E-state index contributed by atoms with van der Waals surface area (Å²) in [6.45, 7) is -0.248. The zero-order chi connectivity index (χ0) is 19.5. The molecule has 28 heavy (non-hydrogen) atoms. The number of carbonyl (C=O) groups is 1. The Morgan fingerprint density at radius 2 is 2.04 bits per heavy atom. The van der Waals surface area contributed by atoms with Crippen molar-refractivity contribution in [2.24, 2.45) is 0 Å². The van der Waals surface area contributed by atoms with Gasteiger partial charge in [-0.3, -0.25) is 4.79 Å². The van der Waals surface area contributed by atoms with Gasteiger partial charge in [0.2, 0.25) is 11.7 Å². The Morgan fingerprint density at radius 1 is 1.18 bits per heavy atom. The van der Waals surface area contributed by atoms with E-state index in [2.05, 4.69) is 36.3 Å². The minimum atomic E-state index is -0.534. The number of nitrogens with one attached hydrogen (secondary N) is 1. The normalized spacial score (nSPS) is 10.8. The smallest absolute Gasteiger partial charge is 0.248 e. The second-order valence-corrected chi connectivity index (χ2v) is 6.02. The monoisotopic (exact) mass is 399 g/mol. The van der Waals surface area contributed by atoms with Crippen molar-refractivity contribution in [3.05, 3.63) is 59.6 Å². The first kappa shape index (κ1) is 17.7. The van der Waals surface area contributed by atoms with Crippen molar-refractivity contribution in [2.75, 3.05) is 5.32 Å². The SMILES string of the molecule is O=C(Cn1nnc(-c2cc(Cl)ccc2-n2cnnn2)n1)Nc1ccccc1F. The molecule has 12 heteroatoms. The van der Waals surface area contributed by atoms with Crippen LogP contribution in [-0.4, -0.2) is 46.3 Å². The number of benzene rings is 2. The second-order valence-electron chi connectivity index (χ2n) is 5.59. The van der Waals surface area contributed by atoms with Gasteiger partial charge in [-0.05, 0) is 46.0 Å². The molecule has 4 rings (SSSR count). The van der Waals surface area contributed by atoms with Gasteiger partial charge >= 0.3 is 0 Å². The molecular weight excluding hydrogens is 389 g/mol. The van der Waals surface area contributed by atoms with E-state index in [0.29, 0.717) is 16.3 Å². The summed E-state index contributed by atoms with van der Waals surface area (Å²) in [5.41, 5.74) is 1.19. The summed E-state index contributed by atoms with van der Waals surface area (Å²) in [6, 6.07) is 10.9. The first-order chi connectivity index (χ1) is 13.6. The number of anilines is 1. The maximum atomic E-state index is 13.6. The van der Waals surface area contributed by atoms with Crippen LogP contribution in [0.25, 0.3) is 17.1 Å². The van der Waals surface area contributed by atoms with Gasteiger partial charge in [-0.1, -0.05) is 23.7 Å². The molecule has 0 aliphatic rings. The van der Waals surface area contributed by atoms with Crippen molar-refractivity contribution in [3.8, 4) is 17.1 Å². The number of halogens is 2. The van der Waals surface area contributed by atoms with Crippen molar-refractivity contribution in [2.45, 2.75) is 6.54 Å². The summed E-state index contributed by atoms with van der Waals surface area (Å²) in [5, 5.41) is 26.0. The minimum Gasteiger partial charge on any atom is -0.322 e. The number of nitrogens with zero attached hydrogens (tertiary/aromatic N) is 8. The van der Waals surface area contributed by atoms with Crippen LogP contribution in [0.5, 0.6) is 0 Å². The van der Waals surface area contributed by atoms with Gasteiger partial charge in [-0.2, -0.15) is 9.48 Å². The first-order valence-electron chi connectivity index (χ1n) is 7.95. The van der Waals surface area contributed by atoms with Gasteiger partial charge in [0.25, 0.3) is 0 Å². The van der Waals surface area contributed by atoms with E-state index in [1.54, 1.807) is 24.3 Å². The number of amides is 1. The maximum absolute atomic E-state index is 13.6. The van der Waals surface area contributed by atoms with Crippen molar-refractivity contribution < 1.29 is 9.18 Å². The molecule has 0 aliphatic heterocycles. The Labute approximate surface area is 161 Å². The third kappa shape index (κ3) is 3.69. The molecule has 0 bridgehead atoms. The fourth-order valence-corrected chi connectivity index (χ4v) is 2.63. The van der Waals surface area contributed by atoms with Crippen LogP contribution < -0.4 is 5.32 Å². The Balaban J connectivity index is 1.56. The second kappa shape index (κ2) is 7.48. The molecule has 4 aromatic rings. The highest BCUT2D eigenvalue weighted by Crippen LogP contribution is 2.26. The number of carbonyl (C=O) groups excluding carboxylic acids is 1.